The number of methoxy groups -OCH3 is 2. The van der Waals surface area contributed by atoms with E-state index in [1.165, 1.54) is 11.1 Å². The van der Waals surface area contributed by atoms with Gasteiger partial charge in [0, 0.05) is 30.6 Å². The number of amides is 2. The van der Waals surface area contributed by atoms with Gasteiger partial charge in [-0.05, 0) is 55.5 Å². The standard InChI is InChI=1S/C27H35N3O3/c1-4-15-28-26(31)29-22-12-13-27(21-10-11-23(32-2)24(17-21)33-3)14-16-30(25(27)18-22)19-20-8-6-5-7-9-20/h4-11,17,22,25H,1,12-16,18-19H2,2-3H3,(H2,28,29,31)/t22-,25+,27-/m0/s1. The fourth-order valence-corrected chi connectivity index (χ4v) is 5.67. The number of carbonyl (C=O) groups excluding carboxylic acids is 1. The number of hydrogen-bond donors (Lipinski definition) is 2. The molecule has 0 bridgehead atoms. The molecule has 2 aromatic carbocycles. The molecule has 2 amide bonds. The highest BCUT2D eigenvalue weighted by atomic mass is 16.5. The Morgan fingerprint density at radius 2 is 1.94 bits per heavy atom. The first-order valence-corrected chi connectivity index (χ1v) is 11.8. The van der Waals surface area contributed by atoms with Gasteiger partial charge in [0.25, 0.3) is 0 Å². The molecule has 3 atom stereocenters. The SMILES string of the molecule is C=CCNC(=O)N[C@H]1CC[C@@]2(c3ccc(OC)c(OC)c3)CCN(Cc3ccccc3)[C@@H]2C1. The van der Waals surface area contributed by atoms with Gasteiger partial charge in [-0.25, -0.2) is 4.79 Å². The third kappa shape index (κ3) is 4.86. The number of nitrogens with one attached hydrogen (secondary N) is 2. The van der Waals surface area contributed by atoms with E-state index in [0.717, 1.165) is 50.3 Å². The van der Waals surface area contributed by atoms with E-state index in [4.69, 9.17) is 9.47 Å². The summed E-state index contributed by atoms with van der Waals surface area (Å²) in [5, 5.41) is 6.04. The number of ether oxygens (including phenoxy) is 2. The Kier molecular flexibility index (Phi) is 7.23. The number of fused-ring (bicyclic) bond motifs is 1. The van der Waals surface area contributed by atoms with Crippen molar-refractivity contribution < 1.29 is 14.3 Å². The van der Waals surface area contributed by atoms with Crippen molar-refractivity contribution in [1.82, 2.24) is 15.5 Å². The van der Waals surface area contributed by atoms with Crippen molar-refractivity contribution >= 4 is 6.03 Å². The Labute approximate surface area is 197 Å². The highest BCUT2D eigenvalue weighted by Gasteiger charge is 2.51. The molecule has 0 unspecified atom stereocenters. The van der Waals surface area contributed by atoms with Gasteiger partial charge in [0.2, 0.25) is 0 Å². The summed E-state index contributed by atoms with van der Waals surface area (Å²) in [6.45, 7) is 6.09. The Morgan fingerprint density at radius 1 is 1.15 bits per heavy atom. The van der Waals surface area contributed by atoms with Crippen molar-refractivity contribution in [2.75, 3.05) is 27.3 Å². The van der Waals surface area contributed by atoms with E-state index < -0.39 is 0 Å². The van der Waals surface area contributed by atoms with E-state index >= 15 is 0 Å². The number of hydrogen-bond acceptors (Lipinski definition) is 4. The van der Waals surface area contributed by atoms with Crippen LogP contribution in [0.4, 0.5) is 4.79 Å². The molecule has 0 aromatic heterocycles. The Balaban J connectivity index is 1.61. The lowest BCUT2D eigenvalue weighted by Gasteiger charge is -2.45. The molecule has 33 heavy (non-hydrogen) atoms. The van der Waals surface area contributed by atoms with E-state index in [9.17, 15) is 4.79 Å². The van der Waals surface area contributed by atoms with Crippen LogP contribution in [0.25, 0.3) is 0 Å². The summed E-state index contributed by atoms with van der Waals surface area (Å²) in [6, 6.07) is 17.4. The number of carbonyl (C=O) groups is 1. The summed E-state index contributed by atoms with van der Waals surface area (Å²) in [7, 11) is 3.36. The zero-order chi connectivity index (χ0) is 23.3. The van der Waals surface area contributed by atoms with Gasteiger partial charge in [-0.2, -0.15) is 0 Å². The zero-order valence-corrected chi connectivity index (χ0v) is 19.7. The normalized spacial score (nSPS) is 24.5. The van der Waals surface area contributed by atoms with Crippen molar-refractivity contribution in [3.05, 3.63) is 72.3 Å². The number of likely N-dealkylation sites (tertiary alicyclic amines) is 1. The molecular formula is C27H35N3O3. The molecule has 1 saturated carbocycles. The molecular weight excluding hydrogens is 414 g/mol. The molecule has 0 radical (unpaired) electrons. The second-order valence-corrected chi connectivity index (χ2v) is 9.06. The zero-order valence-electron chi connectivity index (χ0n) is 19.7. The molecule has 6 heteroatoms. The van der Waals surface area contributed by atoms with Crippen LogP contribution >= 0.6 is 0 Å². The van der Waals surface area contributed by atoms with Crippen LogP contribution in [0.5, 0.6) is 11.5 Å². The van der Waals surface area contributed by atoms with Gasteiger partial charge < -0.3 is 20.1 Å². The molecule has 6 nitrogen and oxygen atoms in total. The van der Waals surface area contributed by atoms with Crippen LogP contribution in [0.15, 0.2) is 61.2 Å². The summed E-state index contributed by atoms with van der Waals surface area (Å²) in [5.74, 6) is 1.52. The largest absolute Gasteiger partial charge is 0.493 e. The highest BCUT2D eigenvalue weighted by molar-refractivity contribution is 5.74. The average Bonchev–Trinajstić information content (AvgIpc) is 3.21. The maximum absolute atomic E-state index is 12.3. The van der Waals surface area contributed by atoms with Crippen LogP contribution in [0.2, 0.25) is 0 Å². The highest BCUT2D eigenvalue weighted by Crippen LogP contribution is 2.50. The molecule has 1 aliphatic carbocycles. The van der Waals surface area contributed by atoms with Gasteiger partial charge in [0.1, 0.15) is 0 Å². The molecule has 2 fully saturated rings. The summed E-state index contributed by atoms with van der Waals surface area (Å²) in [6.07, 6.45) is 5.68. The van der Waals surface area contributed by atoms with Gasteiger partial charge in [-0.3, -0.25) is 4.90 Å². The van der Waals surface area contributed by atoms with Gasteiger partial charge >= 0.3 is 6.03 Å². The maximum Gasteiger partial charge on any atom is 0.315 e. The van der Waals surface area contributed by atoms with E-state index in [-0.39, 0.29) is 17.5 Å². The van der Waals surface area contributed by atoms with Gasteiger partial charge in [0.15, 0.2) is 11.5 Å². The number of urea groups is 1. The second kappa shape index (κ2) is 10.3. The molecule has 2 aliphatic rings. The van der Waals surface area contributed by atoms with Crippen LogP contribution in [0, 0.1) is 0 Å². The lowest BCUT2D eigenvalue weighted by atomic mass is 9.65. The summed E-state index contributed by atoms with van der Waals surface area (Å²) < 4.78 is 11.1. The monoisotopic (exact) mass is 449 g/mol. The van der Waals surface area contributed by atoms with Gasteiger partial charge in [0.05, 0.1) is 14.2 Å². The number of benzene rings is 2. The van der Waals surface area contributed by atoms with Gasteiger partial charge in [-0.1, -0.05) is 42.5 Å². The third-order valence-corrected chi connectivity index (χ3v) is 7.30. The molecule has 1 saturated heterocycles. The van der Waals surface area contributed by atoms with Crippen LogP contribution in [0.3, 0.4) is 0 Å². The van der Waals surface area contributed by atoms with Crippen LogP contribution in [-0.2, 0) is 12.0 Å². The lowest BCUT2D eigenvalue weighted by molar-refractivity contribution is 0.130. The smallest absolute Gasteiger partial charge is 0.315 e. The number of rotatable bonds is 8. The Bertz CT molecular complexity index is 964. The van der Waals surface area contributed by atoms with Gasteiger partial charge in [-0.15, -0.1) is 6.58 Å². The molecule has 1 aliphatic heterocycles. The summed E-state index contributed by atoms with van der Waals surface area (Å²) in [5.41, 5.74) is 2.65. The first-order chi connectivity index (χ1) is 16.1. The first kappa shape index (κ1) is 23.2. The fraction of sp³-hybridized carbons (Fsp3) is 0.444. The quantitative estimate of drug-likeness (QED) is 0.592. The van der Waals surface area contributed by atoms with E-state index in [2.05, 4.69) is 64.6 Å². The van der Waals surface area contributed by atoms with Crippen LogP contribution < -0.4 is 20.1 Å². The predicted octanol–water partition coefficient (Wildman–Crippen LogP) is 4.25. The molecule has 2 N–H and O–H groups in total. The average molecular weight is 450 g/mol. The Hall–Kier alpha value is -2.99. The third-order valence-electron chi connectivity index (χ3n) is 7.30. The minimum absolute atomic E-state index is 0.0318. The molecule has 1 heterocycles. The minimum Gasteiger partial charge on any atom is -0.493 e. The molecule has 0 spiro atoms. The van der Waals surface area contributed by atoms with Crippen molar-refractivity contribution in [3.63, 3.8) is 0 Å². The second-order valence-electron chi connectivity index (χ2n) is 9.06. The first-order valence-electron chi connectivity index (χ1n) is 11.8. The van der Waals surface area contributed by atoms with Crippen molar-refractivity contribution in [1.29, 1.82) is 0 Å². The fourth-order valence-electron chi connectivity index (χ4n) is 5.67. The van der Waals surface area contributed by atoms with Crippen molar-refractivity contribution in [3.8, 4) is 11.5 Å². The summed E-state index contributed by atoms with van der Waals surface area (Å²) in [4.78, 5) is 14.9. The molecule has 2 aromatic rings. The van der Waals surface area contributed by atoms with Crippen molar-refractivity contribution in [2.45, 2.75) is 49.7 Å². The Morgan fingerprint density at radius 3 is 2.67 bits per heavy atom. The van der Waals surface area contributed by atoms with Crippen LogP contribution in [-0.4, -0.2) is 50.3 Å². The van der Waals surface area contributed by atoms with E-state index in [1.54, 1.807) is 20.3 Å². The lowest BCUT2D eigenvalue weighted by Crippen LogP contribution is -2.53. The molecule has 4 rings (SSSR count). The maximum atomic E-state index is 12.3. The summed E-state index contributed by atoms with van der Waals surface area (Å²) >= 11 is 0. The van der Waals surface area contributed by atoms with Crippen molar-refractivity contribution in [2.24, 2.45) is 0 Å². The van der Waals surface area contributed by atoms with E-state index in [1.807, 2.05) is 6.07 Å². The van der Waals surface area contributed by atoms with Crippen LogP contribution in [0.1, 0.15) is 36.8 Å². The predicted molar refractivity (Wildman–Crippen MR) is 131 cm³/mol. The molecule has 176 valence electrons. The minimum atomic E-state index is -0.119. The topological polar surface area (TPSA) is 62.8 Å². The van der Waals surface area contributed by atoms with E-state index in [0.29, 0.717) is 12.6 Å². The number of nitrogens with zero attached hydrogens (tertiary/aromatic N) is 1.